The van der Waals surface area contributed by atoms with Crippen molar-refractivity contribution in [2.45, 2.75) is 25.2 Å². The number of rotatable bonds is 4. The van der Waals surface area contributed by atoms with Crippen molar-refractivity contribution in [3.8, 4) is 0 Å². The molecule has 1 aromatic heterocycles. The number of anilines is 1. The molecule has 1 saturated carbocycles. The molecule has 80 valence electrons. The summed E-state index contributed by atoms with van der Waals surface area (Å²) in [5.74, 6) is 0.271. The van der Waals surface area contributed by atoms with Gasteiger partial charge in [-0.1, -0.05) is 12.5 Å². The molecule has 0 bridgehead atoms. The first-order valence-electron chi connectivity index (χ1n) is 5.18. The number of nitrogens with one attached hydrogen (secondary N) is 1. The van der Waals surface area contributed by atoms with Gasteiger partial charge in [0.15, 0.2) is 11.6 Å². The summed E-state index contributed by atoms with van der Waals surface area (Å²) in [6.45, 7) is 4.07. The summed E-state index contributed by atoms with van der Waals surface area (Å²) >= 11 is 0. The molecular formula is C11H14FN3. The number of hydrogen-bond acceptors (Lipinski definition) is 3. The van der Waals surface area contributed by atoms with E-state index in [0.29, 0.717) is 12.2 Å². The van der Waals surface area contributed by atoms with Crippen LogP contribution in [0.5, 0.6) is 0 Å². The van der Waals surface area contributed by atoms with E-state index in [0.717, 1.165) is 12.8 Å². The molecule has 4 heteroatoms. The highest BCUT2D eigenvalue weighted by Gasteiger charge is 2.25. The van der Waals surface area contributed by atoms with Gasteiger partial charge in [0.25, 0.3) is 0 Å². The van der Waals surface area contributed by atoms with E-state index in [2.05, 4.69) is 21.9 Å². The molecule has 0 aliphatic heterocycles. The molecule has 0 saturated heterocycles. The van der Waals surface area contributed by atoms with Crippen molar-refractivity contribution < 1.29 is 4.39 Å². The highest BCUT2D eigenvalue weighted by atomic mass is 19.1. The van der Waals surface area contributed by atoms with Gasteiger partial charge in [-0.3, -0.25) is 0 Å². The molecule has 2 rings (SSSR count). The molecule has 0 spiro atoms. The molecule has 0 unspecified atom stereocenters. The van der Waals surface area contributed by atoms with Gasteiger partial charge in [-0.25, -0.2) is 14.4 Å². The van der Waals surface area contributed by atoms with E-state index in [1.54, 1.807) is 6.08 Å². The van der Waals surface area contributed by atoms with Crippen LogP contribution in [0.3, 0.4) is 0 Å². The van der Waals surface area contributed by atoms with Crippen LogP contribution in [0.2, 0.25) is 0 Å². The van der Waals surface area contributed by atoms with Gasteiger partial charge in [-0.15, -0.1) is 6.58 Å². The number of halogens is 1. The fraction of sp³-hybridized carbons (Fsp3) is 0.455. The van der Waals surface area contributed by atoms with Gasteiger partial charge in [0, 0.05) is 12.5 Å². The van der Waals surface area contributed by atoms with Crippen molar-refractivity contribution in [2.24, 2.45) is 0 Å². The normalized spacial score (nSPS) is 15.8. The van der Waals surface area contributed by atoms with E-state index in [1.807, 2.05) is 0 Å². The van der Waals surface area contributed by atoms with E-state index in [4.69, 9.17) is 0 Å². The van der Waals surface area contributed by atoms with Crippen LogP contribution in [0.25, 0.3) is 0 Å². The van der Waals surface area contributed by atoms with Crippen LogP contribution >= 0.6 is 0 Å². The molecule has 0 amide bonds. The zero-order valence-electron chi connectivity index (χ0n) is 8.54. The smallest absolute Gasteiger partial charge is 0.187 e. The Kier molecular flexibility index (Phi) is 2.94. The predicted octanol–water partition coefficient (Wildman–Crippen LogP) is 2.48. The van der Waals surface area contributed by atoms with Crippen LogP contribution in [0.1, 0.15) is 30.9 Å². The van der Waals surface area contributed by atoms with Crippen molar-refractivity contribution in [3.05, 3.63) is 30.5 Å². The summed E-state index contributed by atoms with van der Waals surface area (Å²) < 4.78 is 13.8. The Morgan fingerprint density at radius 3 is 2.93 bits per heavy atom. The predicted molar refractivity (Wildman–Crippen MR) is 57.3 cm³/mol. The largest absolute Gasteiger partial charge is 0.364 e. The van der Waals surface area contributed by atoms with E-state index in [9.17, 15) is 4.39 Å². The molecule has 1 aliphatic carbocycles. The van der Waals surface area contributed by atoms with Crippen molar-refractivity contribution in [3.63, 3.8) is 0 Å². The zero-order valence-corrected chi connectivity index (χ0v) is 8.54. The van der Waals surface area contributed by atoms with Crippen molar-refractivity contribution in [2.75, 3.05) is 11.9 Å². The fourth-order valence-corrected chi connectivity index (χ4v) is 1.64. The Morgan fingerprint density at radius 1 is 1.53 bits per heavy atom. The Labute approximate surface area is 88.4 Å². The Balaban J connectivity index is 2.19. The van der Waals surface area contributed by atoms with Gasteiger partial charge in [-0.2, -0.15) is 0 Å². The molecule has 1 aliphatic rings. The van der Waals surface area contributed by atoms with Crippen molar-refractivity contribution in [1.29, 1.82) is 0 Å². The summed E-state index contributed by atoms with van der Waals surface area (Å²) in [6.07, 6.45) is 6.33. The molecule has 0 radical (unpaired) electrons. The first-order valence-corrected chi connectivity index (χ1v) is 5.18. The Hall–Kier alpha value is -1.45. The first kappa shape index (κ1) is 10.1. The minimum atomic E-state index is -0.302. The maximum atomic E-state index is 13.8. The van der Waals surface area contributed by atoms with Crippen molar-refractivity contribution >= 4 is 5.82 Å². The van der Waals surface area contributed by atoms with Crippen LogP contribution in [0.15, 0.2) is 19.0 Å². The lowest BCUT2D eigenvalue weighted by molar-refractivity contribution is 0.393. The second-order valence-electron chi connectivity index (χ2n) is 3.72. The topological polar surface area (TPSA) is 37.8 Å². The molecule has 0 aromatic carbocycles. The van der Waals surface area contributed by atoms with Crippen LogP contribution < -0.4 is 5.32 Å². The first-order chi connectivity index (χ1) is 7.33. The summed E-state index contributed by atoms with van der Waals surface area (Å²) in [7, 11) is 0. The lowest BCUT2D eigenvalue weighted by Gasteiger charge is -2.25. The quantitative estimate of drug-likeness (QED) is 0.771. The molecule has 1 heterocycles. The van der Waals surface area contributed by atoms with Crippen LogP contribution in [-0.2, 0) is 0 Å². The minimum Gasteiger partial charge on any atom is -0.364 e. The average molecular weight is 207 g/mol. The molecule has 1 N–H and O–H groups in total. The van der Waals surface area contributed by atoms with Gasteiger partial charge in [0.05, 0.1) is 5.69 Å². The number of nitrogens with zero attached hydrogens (tertiary/aromatic N) is 2. The molecule has 3 nitrogen and oxygen atoms in total. The number of hydrogen-bond donors (Lipinski definition) is 1. The van der Waals surface area contributed by atoms with E-state index in [1.165, 1.54) is 12.7 Å². The molecule has 0 atom stereocenters. The Bertz CT molecular complexity index is 361. The highest BCUT2D eigenvalue weighted by molar-refractivity contribution is 5.39. The van der Waals surface area contributed by atoms with Gasteiger partial charge in [-0.05, 0) is 12.8 Å². The third-order valence-corrected chi connectivity index (χ3v) is 2.72. The van der Waals surface area contributed by atoms with Crippen LogP contribution in [0, 0.1) is 5.82 Å². The fourth-order valence-electron chi connectivity index (χ4n) is 1.64. The van der Waals surface area contributed by atoms with Gasteiger partial charge in [0.1, 0.15) is 6.33 Å². The standard InChI is InChI=1S/C11H14FN3/c1-2-6-13-11-9(12)10(14-7-15-11)8-4-3-5-8/h2,7-8H,1,3-6H2,(H,13,14,15). The monoisotopic (exact) mass is 207 g/mol. The summed E-state index contributed by atoms with van der Waals surface area (Å²) in [4.78, 5) is 7.89. The van der Waals surface area contributed by atoms with Crippen LogP contribution in [-0.4, -0.2) is 16.5 Å². The summed E-state index contributed by atoms with van der Waals surface area (Å²) in [5.41, 5.74) is 0.558. The maximum Gasteiger partial charge on any atom is 0.187 e. The lowest BCUT2D eigenvalue weighted by Crippen LogP contribution is -2.15. The van der Waals surface area contributed by atoms with Gasteiger partial charge >= 0.3 is 0 Å². The third kappa shape index (κ3) is 1.98. The Morgan fingerprint density at radius 2 is 2.33 bits per heavy atom. The van der Waals surface area contributed by atoms with E-state index < -0.39 is 0 Å². The van der Waals surface area contributed by atoms with E-state index >= 15 is 0 Å². The zero-order chi connectivity index (χ0) is 10.7. The second-order valence-corrected chi connectivity index (χ2v) is 3.72. The maximum absolute atomic E-state index is 13.8. The third-order valence-electron chi connectivity index (χ3n) is 2.72. The van der Waals surface area contributed by atoms with Crippen molar-refractivity contribution in [1.82, 2.24) is 9.97 Å². The number of aromatic nitrogens is 2. The lowest BCUT2D eigenvalue weighted by atomic mass is 9.82. The highest BCUT2D eigenvalue weighted by Crippen LogP contribution is 2.37. The summed E-state index contributed by atoms with van der Waals surface area (Å²) in [5, 5.41) is 2.86. The van der Waals surface area contributed by atoms with E-state index in [-0.39, 0.29) is 17.6 Å². The summed E-state index contributed by atoms with van der Waals surface area (Å²) in [6, 6.07) is 0. The molecule has 1 aromatic rings. The van der Waals surface area contributed by atoms with Gasteiger partial charge < -0.3 is 5.32 Å². The van der Waals surface area contributed by atoms with Crippen LogP contribution in [0.4, 0.5) is 10.2 Å². The molecular weight excluding hydrogens is 193 g/mol. The molecule has 15 heavy (non-hydrogen) atoms. The minimum absolute atomic E-state index is 0.284. The van der Waals surface area contributed by atoms with Gasteiger partial charge in [0.2, 0.25) is 0 Å². The SMILES string of the molecule is C=CCNc1ncnc(C2CCC2)c1F. The average Bonchev–Trinajstić information content (AvgIpc) is 2.17. The molecule has 1 fully saturated rings. The second kappa shape index (κ2) is 4.38.